The number of aliphatic hydroxyl groups is 1. The molecule has 2 unspecified atom stereocenters. The van der Waals surface area contributed by atoms with Gasteiger partial charge >= 0.3 is 0 Å². The summed E-state index contributed by atoms with van der Waals surface area (Å²) in [7, 11) is 2.14. The van der Waals surface area contributed by atoms with E-state index in [0.717, 1.165) is 32.4 Å². The summed E-state index contributed by atoms with van der Waals surface area (Å²) in [5, 5.41) is 10.5. The smallest absolute Gasteiger partial charge is 0.226 e. The summed E-state index contributed by atoms with van der Waals surface area (Å²) < 4.78 is 0. The first kappa shape index (κ1) is 18.7. The summed E-state index contributed by atoms with van der Waals surface area (Å²) >= 11 is 0. The van der Waals surface area contributed by atoms with Crippen molar-refractivity contribution in [2.45, 2.75) is 71.9 Å². The first-order valence-electron chi connectivity index (χ1n) is 9.34. The number of carbonyl (C=O) groups excluding carboxylic acids is 1. The molecule has 23 heavy (non-hydrogen) atoms. The third-order valence-corrected chi connectivity index (χ3v) is 5.39. The number of aliphatic hydroxyl groups excluding tert-OH is 1. The molecule has 2 fully saturated rings. The molecule has 1 saturated carbocycles. The molecular formula is C19H36N2O2. The van der Waals surface area contributed by atoms with Crippen LogP contribution in [0.15, 0.2) is 0 Å². The Kier molecular flexibility index (Phi) is 6.12. The first-order valence-corrected chi connectivity index (χ1v) is 9.34. The van der Waals surface area contributed by atoms with Crippen LogP contribution < -0.4 is 0 Å². The highest BCUT2D eigenvalue weighted by Gasteiger charge is 2.38. The zero-order valence-electron chi connectivity index (χ0n) is 15.7. The lowest BCUT2D eigenvalue weighted by Crippen LogP contribution is -2.51. The van der Waals surface area contributed by atoms with Crippen LogP contribution in [-0.4, -0.2) is 59.6 Å². The Labute approximate surface area is 142 Å². The van der Waals surface area contributed by atoms with Gasteiger partial charge in [-0.25, -0.2) is 0 Å². The molecular weight excluding hydrogens is 288 g/mol. The molecule has 4 nitrogen and oxygen atoms in total. The van der Waals surface area contributed by atoms with E-state index in [0.29, 0.717) is 18.5 Å². The molecule has 0 radical (unpaired) electrons. The molecule has 0 bridgehead atoms. The van der Waals surface area contributed by atoms with Crippen LogP contribution >= 0.6 is 0 Å². The van der Waals surface area contributed by atoms with Crippen molar-refractivity contribution in [3.05, 3.63) is 0 Å². The Morgan fingerprint density at radius 1 is 1.22 bits per heavy atom. The molecule has 2 rings (SSSR count). The molecule has 1 amide bonds. The number of hydrogen-bond donors (Lipinski definition) is 1. The van der Waals surface area contributed by atoms with Crippen LogP contribution in [0.3, 0.4) is 0 Å². The van der Waals surface area contributed by atoms with Gasteiger partial charge in [0.1, 0.15) is 0 Å². The number of hydrogen-bond acceptors (Lipinski definition) is 3. The van der Waals surface area contributed by atoms with E-state index in [9.17, 15) is 9.90 Å². The number of piperidine rings is 1. The van der Waals surface area contributed by atoms with Crippen molar-refractivity contribution in [1.82, 2.24) is 9.80 Å². The van der Waals surface area contributed by atoms with Crippen LogP contribution in [-0.2, 0) is 4.79 Å². The normalized spacial score (nSPS) is 23.6. The molecule has 2 aliphatic rings. The number of rotatable bonds is 6. The second-order valence-corrected chi connectivity index (χ2v) is 9.07. The van der Waals surface area contributed by atoms with Gasteiger partial charge in [-0.1, -0.05) is 27.7 Å². The Bertz CT molecular complexity index is 393. The average molecular weight is 325 g/mol. The van der Waals surface area contributed by atoms with Crippen molar-refractivity contribution < 1.29 is 9.90 Å². The van der Waals surface area contributed by atoms with Gasteiger partial charge in [0.15, 0.2) is 0 Å². The van der Waals surface area contributed by atoms with Gasteiger partial charge in [-0.2, -0.15) is 0 Å². The fourth-order valence-corrected chi connectivity index (χ4v) is 3.78. The lowest BCUT2D eigenvalue weighted by molar-refractivity contribution is -0.141. The summed E-state index contributed by atoms with van der Waals surface area (Å²) in [4.78, 5) is 17.4. The standard InChI is InChI=1S/C19H36N2O2/c1-14(15-6-7-15)18(23)21(13-17(22)12-19(2,3)4)16-8-10-20(5)11-9-16/h14-17,22H,6-13H2,1-5H3. The summed E-state index contributed by atoms with van der Waals surface area (Å²) in [6.07, 6.45) is 4.76. The third-order valence-electron chi connectivity index (χ3n) is 5.39. The highest BCUT2D eigenvalue weighted by Crippen LogP contribution is 2.38. The maximum absolute atomic E-state index is 13.0. The van der Waals surface area contributed by atoms with E-state index in [2.05, 4.69) is 39.6 Å². The Hall–Kier alpha value is -0.610. The molecule has 1 aliphatic carbocycles. The van der Waals surface area contributed by atoms with Crippen LogP contribution in [0.4, 0.5) is 0 Å². The molecule has 1 N–H and O–H groups in total. The lowest BCUT2D eigenvalue weighted by Gasteiger charge is -2.40. The average Bonchev–Trinajstić information content (AvgIpc) is 3.27. The van der Waals surface area contributed by atoms with E-state index in [1.54, 1.807) is 0 Å². The largest absolute Gasteiger partial charge is 0.391 e. The quantitative estimate of drug-likeness (QED) is 0.817. The second-order valence-electron chi connectivity index (χ2n) is 9.07. The van der Waals surface area contributed by atoms with E-state index >= 15 is 0 Å². The molecule has 1 aliphatic heterocycles. The number of likely N-dealkylation sites (tertiary alicyclic amines) is 1. The fourth-order valence-electron chi connectivity index (χ4n) is 3.78. The van der Waals surface area contributed by atoms with Crippen molar-refractivity contribution in [2.24, 2.45) is 17.3 Å². The van der Waals surface area contributed by atoms with Crippen molar-refractivity contribution in [3.8, 4) is 0 Å². The summed E-state index contributed by atoms with van der Waals surface area (Å²) in [6.45, 7) is 11.1. The van der Waals surface area contributed by atoms with E-state index in [1.807, 2.05) is 4.90 Å². The van der Waals surface area contributed by atoms with Gasteiger partial charge in [0.05, 0.1) is 6.10 Å². The number of amides is 1. The molecule has 134 valence electrons. The molecule has 1 heterocycles. The molecule has 0 spiro atoms. The Morgan fingerprint density at radius 3 is 2.26 bits per heavy atom. The van der Waals surface area contributed by atoms with Crippen molar-refractivity contribution in [3.63, 3.8) is 0 Å². The monoisotopic (exact) mass is 324 g/mol. The number of nitrogens with zero attached hydrogens (tertiary/aromatic N) is 2. The van der Waals surface area contributed by atoms with E-state index < -0.39 is 6.10 Å². The highest BCUT2D eigenvalue weighted by atomic mass is 16.3. The van der Waals surface area contributed by atoms with Crippen LogP contribution in [0.5, 0.6) is 0 Å². The molecule has 2 atom stereocenters. The SMILES string of the molecule is CC(C(=O)N(CC(O)CC(C)(C)C)C1CCN(C)CC1)C1CC1. The van der Waals surface area contributed by atoms with Gasteiger partial charge < -0.3 is 14.9 Å². The minimum atomic E-state index is -0.426. The topological polar surface area (TPSA) is 43.8 Å². The number of carbonyl (C=O) groups is 1. The van der Waals surface area contributed by atoms with E-state index in [1.165, 1.54) is 12.8 Å². The summed E-state index contributed by atoms with van der Waals surface area (Å²) in [5.74, 6) is 0.975. The van der Waals surface area contributed by atoms with Crippen LogP contribution in [0, 0.1) is 17.3 Å². The zero-order valence-corrected chi connectivity index (χ0v) is 15.7. The molecule has 0 aromatic rings. The predicted molar refractivity (Wildman–Crippen MR) is 94.2 cm³/mol. The molecule has 4 heteroatoms. The molecule has 1 saturated heterocycles. The van der Waals surface area contributed by atoms with Crippen LogP contribution in [0.2, 0.25) is 0 Å². The fraction of sp³-hybridized carbons (Fsp3) is 0.947. The van der Waals surface area contributed by atoms with Gasteiger partial charge in [0.2, 0.25) is 5.91 Å². The minimum Gasteiger partial charge on any atom is -0.391 e. The molecule has 0 aromatic heterocycles. The third kappa shape index (κ3) is 5.75. The minimum absolute atomic E-state index is 0.0863. The van der Waals surface area contributed by atoms with Gasteiger partial charge in [0, 0.05) is 18.5 Å². The van der Waals surface area contributed by atoms with E-state index in [4.69, 9.17) is 0 Å². The van der Waals surface area contributed by atoms with Gasteiger partial charge in [0.25, 0.3) is 0 Å². The van der Waals surface area contributed by atoms with Gasteiger partial charge in [-0.3, -0.25) is 4.79 Å². The predicted octanol–water partition coefficient (Wildman–Crippen LogP) is 2.75. The van der Waals surface area contributed by atoms with Crippen LogP contribution in [0.1, 0.15) is 59.8 Å². The summed E-state index contributed by atoms with van der Waals surface area (Å²) in [5.41, 5.74) is 0.0863. The Balaban J connectivity index is 2.02. The van der Waals surface area contributed by atoms with Gasteiger partial charge in [-0.05, 0) is 63.6 Å². The zero-order chi connectivity index (χ0) is 17.2. The maximum atomic E-state index is 13.0. The van der Waals surface area contributed by atoms with Gasteiger partial charge in [-0.15, -0.1) is 0 Å². The second kappa shape index (κ2) is 7.52. The van der Waals surface area contributed by atoms with Crippen molar-refractivity contribution in [2.75, 3.05) is 26.7 Å². The maximum Gasteiger partial charge on any atom is 0.226 e. The highest BCUT2D eigenvalue weighted by molar-refractivity contribution is 5.79. The van der Waals surface area contributed by atoms with E-state index in [-0.39, 0.29) is 17.2 Å². The summed E-state index contributed by atoms with van der Waals surface area (Å²) in [6, 6.07) is 0.300. The lowest BCUT2D eigenvalue weighted by atomic mass is 9.88. The Morgan fingerprint density at radius 2 is 1.78 bits per heavy atom. The van der Waals surface area contributed by atoms with Crippen molar-refractivity contribution in [1.29, 1.82) is 0 Å². The van der Waals surface area contributed by atoms with Crippen LogP contribution in [0.25, 0.3) is 0 Å². The molecule has 0 aromatic carbocycles. The first-order chi connectivity index (χ1) is 10.7. The van der Waals surface area contributed by atoms with Crippen molar-refractivity contribution >= 4 is 5.91 Å².